The highest BCUT2D eigenvalue weighted by molar-refractivity contribution is 5.86. The molecule has 1 aliphatic rings. The van der Waals surface area contributed by atoms with Crippen molar-refractivity contribution >= 4 is 18.0 Å². The largest absolute Gasteiger partial charge is 0.481 e. The molecule has 36 heavy (non-hydrogen) atoms. The second-order valence-corrected chi connectivity index (χ2v) is 11.2. The number of carboxylic acids is 1. The van der Waals surface area contributed by atoms with Crippen LogP contribution in [0.2, 0.25) is 0 Å². The van der Waals surface area contributed by atoms with Crippen LogP contribution in [-0.4, -0.2) is 59.8 Å². The Hall–Kier alpha value is -2.61. The third-order valence-electron chi connectivity index (χ3n) is 7.62. The van der Waals surface area contributed by atoms with Crippen LogP contribution >= 0.6 is 0 Å². The molecule has 2 amide bonds. The Balaban J connectivity index is 2.39. The summed E-state index contributed by atoms with van der Waals surface area (Å²) in [6, 6.07) is 8.49. The fourth-order valence-electron chi connectivity index (χ4n) is 6.09. The molecule has 1 aromatic rings. The maximum atomic E-state index is 14.1. The van der Waals surface area contributed by atoms with Crippen molar-refractivity contribution in [3.63, 3.8) is 0 Å². The lowest BCUT2D eigenvalue weighted by Gasteiger charge is -2.58. The molecule has 2 N–H and O–H groups in total. The van der Waals surface area contributed by atoms with Crippen molar-refractivity contribution in [2.75, 3.05) is 14.2 Å². The molecule has 0 unspecified atom stereocenters. The van der Waals surface area contributed by atoms with Gasteiger partial charge in [-0.3, -0.25) is 9.59 Å². The van der Waals surface area contributed by atoms with Gasteiger partial charge in [-0.15, -0.1) is 0 Å². The van der Waals surface area contributed by atoms with Gasteiger partial charge in [0.1, 0.15) is 12.6 Å². The van der Waals surface area contributed by atoms with E-state index in [0.29, 0.717) is 0 Å². The van der Waals surface area contributed by atoms with Crippen molar-refractivity contribution < 1.29 is 29.0 Å². The van der Waals surface area contributed by atoms with Crippen molar-refractivity contribution in [2.45, 2.75) is 91.0 Å². The number of carbonyl (C=O) groups is 3. The van der Waals surface area contributed by atoms with E-state index < -0.39 is 35.2 Å². The maximum absolute atomic E-state index is 14.1. The summed E-state index contributed by atoms with van der Waals surface area (Å²) >= 11 is 0. The third kappa shape index (κ3) is 6.58. The van der Waals surface area contributed by atoms with Gasteiger partial charge in [-0.05, 0) is 35.7 Å². The van der Waals surface area contributed by atoms with Crippen LogP contribution in [0.4, 0.5) is 4.79 Å². The average molecular weight is 505 g/mol. The van der Waals surface area contributed by atoms with Crippen LogP contribution in [0.5, 0.6) is 0 Å². The fourth-order valence-corrected chi connectivity index (χ4v) is 6.09. The van der Waals surface area contributed by atoms with Crippen molar-refractivity contribution in [3.05, 3.63) is 35.9 Å². The minimum Gasteiger partial charge on any atom is -0.481 e. The van der Waals surface area contributed by atoms with Gasteiger partial charge >= 0.3 is 12.1 Å². The molecule has 3 atom stereocenters. The van der Waals surface area contributed by atoms with E-state index in [1.807, 2.05) is 65.0 Å². The molecule has 2 rings (SSSR count). The normalized spacial score (nSPS) is 17.8. The zero-order valence-corrected chi connectivity index (χ0v) is 22.9. The highest BCUT2D eigenvalue weighted by Crippen LogP contribution is 2.51. The van der Waals surface area contributed by atoms with Crippen LogP contribution in [0.15, 0.2) is 30.3 Å². The second kappa shape index (κ2) is 12.6. The van der Waals surface area contributed by atoms with Gasteiger partial charge in [-0.25, -0.2) is 4.79 Å². The molecule has 1 aromatic carbocycles. The topological polar surface area (TPSA) is 105 Å². The van der Waals surface area contributed by atoms with E-state index in [1.165, 1.54) is 7.11 Å². The van der Waals surface area contributed by atoms with Crippen molar-refractivity contribution in [1.82, 2.24) is 10.2 Å². The number of nitrogens with zero attached hydrogens (tertiary/aromatic N) is 1. The number of alkyl carbamates (subject to hydrolysis) is 1. The van der Waals surface area contributed by atoms with E-state index in [1.54, 1.807) is 11.9 Å². The van der Waals surface area contributed by atoms with Crippen LogP contribution in [-0.2, 0) is 25.7 Å². The van der Waals surface area contributed by atoms with Crippen LogP contribution in [0.3, 0.4) is 0 Å². The standard InChI is InChI=1S/C28H44N2O6/c1-19(2)24(29-26(34)36-18-20-13-9-8-10-14-20)25(33)30(6)28(27(3,4)5,21-15-11-12-16-21)22(35-7)17-23(31)32/h8-10,13-14,19,21-22,24H,11-12,15-18H2,1-7H3,(H,29,34)(H,31,32)/t22-,24+,28-/m1/s1. The third-order valence-corrected chi connectivity index (χ3v) is 7.62. The highest BCUT2D eigenvalue weighted by atomic mass is 16.5. The Morgan fingerprint density at radius 2 is 1.69 bits per heavy atom. The number of amides is 2. The van der Waals surface area contributed by atoms with Crippen molar-refractivity contribution in [2.24, 2.45) is 17.3 Å². The number of carbonyl (C=O) groups excluding carboxylic acids is 2. The number of hydrogen-bond acceptors (Lipinski definition) is 5. The summed E-state index contributed by atoms with van der Waals surface area (Å²) in [5.74, 6) is -1.41. The Kier molecular flexibility index (Phi) is 10.3. The molecule has 0 bridgehead atoms. The van der Waals surface area contributed by atoms with E-state index >= 15 is 0 Å². The lowest BCUT2D eigenvalue weighted by molar-refractivity contribution is -0.174. The van der Waals surface area contributed by atoms with Gasteiger partial charge in [0.25, 0.3) is 0 Å². The van der Waals surface area contributed by atoms with Crippen LogP contribution in [0.25, 0.3) is 0 Å². The molecule has 0 aromatic heterocycles. The molecular weight excluding hydrogens is 460 g/mol. The van der Waals surface area contributed by atoms with Gasteiger partial charge < -0.3 is 24.8 Å². The van der Waals surface area contributed by atoms with Crippen LogP contribution in [0.1, 0.15) is 72.3 Å². The van der Waals surface area contributed by atoms with Gasteiger partial charge in [-0.2, -0.15) is 0 Å². The van der Waals surface area contributed by atoms with Crippen molar-refractivity contribution in [3.8, 4) is 0 Å². The number of rotatable bonds is 11. The zero-order valence-electron chi connectivity index (χ0n) is 22.9. The molecular formula is C28H44N2O6. The predicted molar refractivity (Wildman–Crippen MR) is 138 cm³/mol. The Morgan fingerprint density at radius 3 is 2.17 bits per heavy atom. The molecule has 0 saturated heterocycles. The van der Waals surface area contributed by atoms with Gasteiger partial charge in [0.05, 0.1) is 18.1 Å². The van der Waals surface area contributed by atoms with E-state index in [9.17, 15) is 19.5 Å². The first-order valence-electron chi connectivity index (χ1n) is 12.9. The first-order valence-corrected chi connectivity index (χ1v) is 12.9. The summed E-state index contributed by atoms with van der Waals surface area (Å²) < 4.78 is 11.2. The SMILES string of the molecule is CO[C@H](CC(=O)O)[C@@](C1CCCC1)(N(C)C(=O)[C@@H](NC(=O)OCc1ccccc1)C(C)C)C(C)(C)C. The number of ether oxygens (including phenoxy) is 2. The van der Waals surface area contributed by atoms with Gasteiger partial charge in [-0.1, -0.05) is 77.8 Å². The number of aliphatic carboxylic acids is 1. The molecule has 0 spiro atoms. The summed E-state index contributed by atoms with van der Waals surface area (Å²) in [5.41, 5.74) is -0.546. The molecule has 202 valence electrons. The Bertz CT molecular complexity index is 876. The maximum Gasteiger partial charge on any atom is 0.408 e. The number of benzene rings is 1. The number of likely N-dealkylation sites (N-methyl/N-ethyl adjacent to an activating group) is 1. The van der Waals surface area contributed by atoms with Gasteiger partial charge in [0.15, 0.2) is 0 Å². The van der Waals surface area contributed by atoms with E-state index in [0.717, 1.165) is 31.2 Å². The molecule has 0 aliphatic heterocycles. The number of carboxylic acid groups (broad SMARTS) is 1. The molecule has 0 radical (unpaired) electrons. The quantitative estimate of drug-likeness (QED) is 0.446. The second-order valence-electron chi connectivity index (χ2n) is 11.2. The van der Waals surface area contributed by atoms with E-state index in [4.69, 9.17) is 9.47 Å². The smallest absolute Gasteiger partial charge is 0.408 e. The monoisotopic (exact) mass is 504 g/mol. The van der Waals surface area contributed by atoms with Gasteiger partial charge in [0, 0.05) is 14.2 Å². The molecule has 1 aliphatic carbocycles. The molecule has 8 nitrogen and oxygen atoms in total. The number of hydrogen-bond donors (Lipinski definition) is 2. The number of methoxy groups -OCH3 is 1. The predicted octanol–water partition coefficient (Wildman–Crippen LogP) is 4.86. The zero-order chi connectivity index (χ0) is 27.1. The molecule has 0 heterocycles. The van der Waals surface area contributed by atoms with Crippen molar-refractivity contribution in [1.29, 1.82) is 0 Å². The van der Waals surface area contributed by atoms with E-state index in [-0.39, 0.29) is 30.8 Å². The molecule has 1 saturated carbocycles. The summed E-state index contributed by atoms with van der Waals surface area (Å²) in [4.78, 5) is 40.3. The first-order chi connectivity index (χ1) is 16.9. The summed E-state index contributed by atoms with van der Waals surface area (Å²) in [6.45, 7) is 9.94. The fraction of sp³-hybridized carbons (Fsp3) is 0.679. The summed E-state index contributed by atoms with van der Waals surface area (Å²) in [5, 5.41) is 12.5. The molecule has 8 heteroatoms. The lowest BCUT2D eigenvalue weighted by Crippen LogP contribution is -2.71. The minimum atomic E-state index is -0.975. The highest BCUT2D eigenvalue weighted by Gasteiger charge is 2.59. The van der Waals surface area contributed by atoms with Gasteiger partial charge in [0.2, 0.25) is 5.91 Å². The summed E-state index contributed by atoms with van der Waals surface area (Å²) in [6.07, 6.45) is 2.19. The first kappa shape index (κ1) is 29.6. The Morgan fingerprint density at radius 1 is 1.11 bits per heavy atom. The molecule has 1 fully saturated rings. The summed E-state index contributed by atoms with van der Waals surface area (Å²) in [7, 11) is 3.24. The number of nitrogens with one attached hydrogen (secondary N) is 1. The van der Waals surface area contributed by atoms with Crippen LogP contribution < -0.4 is 5.32 Å². The average Bonchev–Trinajstić information content (AvgIpc) is 3.34. The van der Waals surface area contributed by atoms with E-state index in [2.05, 4.69) is 5.32 Å². The lowest BCUT2D eigenvalue weighted by atomic mass is 9.60. The Labute approximate surface area is 215 Å². The minimum absolute atomic E-state index is 0.0635. The van der Waals surface area contributed by atoms with Crippen LogP contribution in [0, 0.1) is 17.3 Å².